The number of hydrogen-bond acceptors (Lipinski definition) is 2. The van der Waals surface area contributed by atoms with Crippen molar-refractivity contribution < 1.29 is 14.7 Å². The van der Waals surface area contributed by atoms with Gasteiger partial charge in [0.05, 0.1) is 11.3 Å². The zero-order valence-corrected chi connectivity index (χ0v) is 13.6. The van der Waals surface area contributed by atoms with Crippen LogP contribution < -0.4 is 0 Å². The molecule has 4 heteroatoms. The Bertz CT molecular complexity index is 828. The highest BCUT2D eigenvalue weighted by Crippen LogP contribution is 2.60. The minimum atomic E-state index is -0.974. The van der Waals surface area contributed by atoms with Crippen molar-refractivity contribution in [1.29, 1.82) is 0 Å². The molecule has 4 fully saturated rings. The predicted molar refractivity (Wildman–Crippen MR) is 89.3 cm³/mol. The van der Waals surface area contributed by atoms with Gasteiger partial charge in [-0.3, -0.25) is 4.79 Å². The van der Waals surface area contributed by atoms with Crippen LogP contribution in [0.4, 0.5) is 0 Å². The van der Waals surface area contributed by atoms with Gasteiger partial charge in [0, 0.05) is 17.1 Å². The van der Waals surface area contributed by atoms with Gasteiger partial charge in [0.1, 0.15) is 0 Å². The molecule has 4 aliphatic rings. The van der Waals surface area contributed by atoms with Crippen molar-refractivity contribution in [2.45, 2.75) is 38.5 Å². The number of fused-ring (bicyclic) bond motifs is 1. The molecule has 0 aliphatic heterocycles. The predicted octanol–water partition coefficient (Wildman–Crippen LogP) is 4.04. The van der Waals surface area contributed by atoms with Crippen molar-refractivity contribution in [3.05, 3.63) is 41.7 Å². The van der Waals surface area contributed by atoms with Crippen molar-refractivity contribution in [3.63, 3.8) is 0 Å². The molecule has 0 spiro atoms. The van der Waals surface area contributed by atoms with Crippen LogP contribution in [0, 0.1) is 23.2 Å². The van der Waals surface area contributed by atoms with E-state index in [1.165, 1.54) is 19.3 Å². The Morgan fingerprint density at radius 3 is 2.25 bits per heavy atom. The molecule has 0 aromatic carbocycles. The van der Waals surface area contributed by atoms with Crippen LogP contribution in [-0.2, 0) is 0 Å². The molecule has 4 saturated carbocycles. The highest BCUT2D eigenvalue weighted by atomic mass is 16.4. The molecule has 2 aromatic heterocycles. The van der Waals surface area contributed by atoms with Crippen molar-refractivity contribution >= 4 is 17.3 Å². The van der Waals surface area contributed by atoms with E-state index < -0.39 is 5.97 Å². The monoisotopic (exact) mass is 323 g/mol. The van der Waals surface area contributed by atoms with Crippen molar-refractivity contribution in [3.8, 4) is 0 Å². The lowest BCUT2D eigenvalue weighted by atomic mass is 9.48. The van der Waals surface area contributed by atoms with Gasteiger partial charge in [0.15, 0.2) is 5.78 Å². The van der Waals surface area contributed by atoms with Crippen LogP contribution in [0.3, 0.4) is 0 Å². The summed E-state index contributed by atoms with van der Waals surface area (Å²) >= 11 is 0. The third kappa shape index (κ3) is 1.92. The van der Waals surface area contributed by atoms with Gasteiger partial charge in [0.2, 0.25) is 0 Å². The van der Waals surface area contributed by atoms with Gasteiger partial charge in [-0.05, 0) is 80.5 Å². The second-order valence-electron chi connectivity index (χ2n) is 8.26. The first kappa shape index (κ1) is 14.3. The smallest absolute Gasteiger partial charge is 0.335 e. The number of carbonyl (C=O) groups is 2. The average Bonchev–Trinajstić information content (AvgIpc) is 3.00. The first-order valence-electron chi connectivity index (χ1n) is 8.93. The summed E-state index contributed by atoms with van der Waals surface area (Å²) in [4.78, 5) is 25.0. The molecule has 24 heavy (non-hydrogen) atoms. The fraction of sp³-hybridized carbons (Fsp3) is 0.500. The van der Waals surface area contributed by atoms with Crippen molar-refractivity contribution in [2.75, 3.05) is 0 Å². The Balaban J connectivity index is 1.63. The summed E-state index contributed by atoms with van der Waals surface area (Å²) < 4.78 is 1.87. The van der Waals surface area contributed by atoms with E-state index in [1.54, 1.807) is 12.1 Å². The second kappa shape index (κ2) is 4.71. The number of aromatic carboxylic acids is 1. The highest BCUT2D eigenvalue weighted by Gasteiger charge is 2.54. The maximum atomic E-state index is 13.6. The largest absolute Gasteiger partial charge is 0.478 e. The van der Waals surface area contributed by atoms with Crippen molar-refractivity contribution in [2.24, 2.45) is 23.2 Å². The van der Waals surface area contributed by atoms with E-state index >= 15 is 0 Å². The third-order valence-corrected chi connectivity index (χ3v) is 6.63. The molecular weight excluding hydrogens is 302 g/mol. The molecule has 0 amide bonds. The number of carboxylic acid groups (broad SMARTS) is 1. The van der Waals surface area contributed by atoms with Gasteiger partial charge in [-0.25, -0.2) is 4.79 Å². The number of pyridine rings is 1. The molecule has 0 saturated heterocycles. The van der Waals surface area contributed by atoms with E-state index in [9.17, 15) is 14.7 Å². The lowest BCUT2D eigenvalue weighted by Crippen LogP contribution is -2.50. The summed E-state index contributed by atoms with van der Waals surface area (Å²) in [5, 5.41) is 9.40. The minimum Gasteiger partial charge on any atom is -0.478 e. The fourth-order valence-corrected chi connectivity index (χ4v) is 6.11. The van der Waals surface area contributed by atoms with Crippen LogP contribution in [0.1, 0.15) is 59.4 Å². The molecule has 124 valence electrons. The number of nitrogens with zero attached hydrogens (tertiary/aromatic N) is 1. The lowest BCUT2D eigenvalue weighted by Gasteiger charge is -2.55. The van der Waals surface area contributed by atoms with Crippen LogP contribution in [-0.4, -0.2) is 21.3 Å². The number of rotatable bonds is 3. The number of carboxylic acids is 1. The Morgan fingerprint density at radius 1 is 1.04 bits per heavy atom. The standard InChI is InChI=1S/C20H21NO3/c22-18(20-9-12-4-13(10-20)6-14(5-12)11-20)17-8-15(19(23)24)7-16-2-1-3-21(16)17/h1-3,7-8,12-14H,4-6,9-11H2,(H,23,24). The summed E-state index contributed by atoms with van der Waals surface area (Å²) in [6.45, 7) is 0. The quantitative estimate of drug-likeness (QED) is 0.867. The van der Waals surface area contributed by atoms with Crippen LogP contribution in [0.25, 0.3) is 5.52 Å². The molecule has 1 N–H and O–H groups in total. The molecule has 4 bridgehead atoms. The number of carbonyl (C=O) groups excluding carboxylic acids is 1. The highest BCUT2D eigenvalue weighted by molar-refractivity contribution is 6.02. The molecular formula is C20H21NO3. The summed E-state index contributed by atoms with van der Waals surface area (Å²) in [5.74, 6) is 1.29. The van der Waals surface area contributed by atoms with E-state index in [1.807, 2.05) is 22.7 Å². The number of Topliss-reactive ketones (excluding diaryl/α,β-unsaturated/α-hetero) is 1. The van der Waals surface area contributed by atoms with Gasteiger partial charge >= 0.3 is 5.97 Å². The molecule has 0 atom stereocenters. The number of ketones is 1. The first-order valence-corrected chi connectivity index (χ1v) is 8.93. The molecule has 0 unspecified atom stereocenters. The van der Waals surface area contributed by atoms with E-state index in [2.05, 4.69) is 0 Å². The van der Waals surface area contributed by atoms with Crippen molar-refractivity contribution in [1.82, 2.24) is 4.40 Å². The fourth-order valence-electron chi connectivity index (χ4n) is 6.11. The molecule has 6 rings (SSSR count). The van der Waals surface area contributed by atoms with E-state index in [0.717, 1.165) is 24.8 Å². The zero-order valence-electron chi connectivity index (χ0n) is 13.6. The molecule has 0 radical (unpaired) electrons. The van der Waals surface area contributed by atoms with E-state index in [4.69, 9.17) is 0 Å². The summed E-state index contributed by atoms with van der Waals surface area (Å²) in [6, 6.07) is 6.95. The Labute approximate surface area is 140 Å². The minimum absolute atomic E-state index is 0.172. The Hall–Kier alpha value is -2.10. The van der Waals surface area contributed by atoms with Gasteiger partial charge in [0.25, 0.3) is 0 Å². The van der Waals surface area contributed by atoms with Crippen LogP contribution >= 0.6 is 0 Å². The number of hydrogen-bond donors (Lipinski definition) is 1. The van der Waals surface area contributed by atoms with E-state index in [0.29, 0.717) is 23.4 Å². The summed E-state index contributed by atoms with van der Waals surface area (Å²) in [7, 11) is 0. The van der Waals surface area contributed by atoms with E-state index in [-0.39, 0.29) is 16.8 Å². The van der Waals surface area contributed by atoms with Crippen LogP contribution in [0.2, 0.25) is 0 Å². The van der Waals surface area contributed by atoms with Gasteiger partial charge in [-0.1, -0.05) is 0 Å². The number of aromatic nitrogens is 1. The zero-order chi connectivity index (χ0) is 16.5. The SMILES string of the molecule is O=C(O)c1cc(C(=O)C23CC4CC(CC(C4)C2)C3)n2cccc2c1. The Kier molecular flexibility index (Phi) is 2.80. The average molecular weight is 323 g/mol. The van der Waals surface area contributed by atoms with Gasteiger partial charge in [-0.15, -0.1) is 0 Å². The normalized spacial score (nSPS) is 33.9. The second-order valence-corrected chi connectivity index (χ2v) is 8.26. The van der Waals surface area contributed by atoms with Gasteiger partial charge < -0.3 is 9.51 Å². The molecule has 2 aromatic rings. The molecule has 2 heterocycles. The molecule has 4 aliphatic carbocycles. The summed E-state index contributed by atoms with van der Waals surface area (Å²) in [6.07, 6.45) is 8.74. The maximum absolute atomic E-state index is 13.6. The lowest BCUT2D eigenvalue weighted by molar-refractivity contribution is -0.0356. The third-order valence-electron chi connectivity index (χ3n) is 6.63. The molecule has 4 nitrogen and oxygen atoms in total. The van der Waals surface area contributed by atoms with Crippen LogP contribution in [0.15, 0.2) is 30.5 Å². The maximum Gasteiger partial charge on any atom is 0.335 e. The topological polar surface area (TPSA) is 58.8 Å². The Morgan fingerprint density at radius 2 is 1.67 bits per heavy atom. The first-order chi connectivity index (χ1) is 11.5. The summed E-state index contributed by atoms with van der Waals surface area (Å²) in [5.41, 5.74) is 1.29. The van der Waals surface area contributed by atoms with Gasteiger partial charge in [-0.2, -0.15) is 0 Å². The van der Waals surface area contributed by atoms with Crippen LogP contribution in [0.5, 0.6) is 0 Å².